The molecular formula is C8H7FN2OS. The monoisotopic (exact) mass is 198 g/mol. The molecule has 0 unspecified atom stereocenters. The molecule has 1 heterocycles. The summed E-state index contributed by atoms with van der Waals surface area (Å²) in [4.78, 5) is 11.1. The highest BCUT2D eigenvalue weighted by atomic mass is 32.1. The van der Waals surface area contributed by atoms with Crippen LogP contribution in [-0.2, 0) is 7.05 Å². The maximum absolute atomic E-state index is 13.0. The summed E-state index contributed by atoms with van der Waals surface area (Å²) in [5, 5.41) is 0. The van der Waals surface area contributed by atoms with E-state index in [0.717, 1.165) is 11.3 Å². The van der Waals surface area contributed by atoms with Crippen LogP contribution in [0.3, 0.4) is 0 Å². The molecule has 5 heteroatoms. The maximum atomic E-state index is 13.0. The van der Waals surface area contributed by atoms with Gasteiger partial charge in [0.15, 0.2) is 0 Å². The minimum Gasteiger partial charge on any atom is -0.396 e. The Morgan fingerprint density at radius 2 is 2.23 bits per heavy atom. The van der Waals surface area contributed by atoms with Crippen LogP contribution in [0, 0.1) is 5.82 Å². The number of aromatic nitrogens is 1. The van der Waals surface area contributed by atoms with E-state index in [1.54, 1.807) is 7.05 Å². The first-order chi connectivity index (χ1) is 6.09. The van der Waals surface area contributed by atoms with Gasteiger partial charge in [0, 0.05) is 7.05 Å². The topological polar surface area (TPSA) is 48.0 Å². The predicted molar refractivity (Wildman–Crippen MR) is 51.4 cm³/mol. The molecule has 1 aromatic carbocycles. The molecule has 0 bridgehead atoms. The molecule has 0 saturated carbocycles. The molecule has 0 atom stereocenters. The van der Waals surface area contributed by atoms with E-state index >= 15 is 0 Å². The number of fused-ring (bicyclic) bond motifs is 1. The summed E-state index contributed by atoms with van der Waals surface area (Å²) in [5.41, 5.74) is 6.12. The number of nitrogens with zero attached hydrogens (tertiary/aromatic N) is 1. The zero-order valence-electron chi connectivity index (χ0n) is 6.87. The average Bonchev–Trinajstić information content (AvgIpc) is 2.32. The Kier molecular flexibility index (Phi) is 1.63. The summed E-state index contributed by atoms with van der Waals surface area (Å²) in [6.07, 6.45) is 0. The molecule has 2 aromatic rings. The quantitative estimate of drug-likeness (QED) is 0.649. The van der Waals surface area contributed by atoms with Gasteiger partial charge >= 0.3 is 4.87 Å². The van der Waals surface area contributed by atoms with Crippen LogP contribution in [0.15, 0.2) is 16.9 Å². The van der Waals surface area contributed by atoms with E-state index in [9.17, 15) is 9.18 Å². The molecule has 0 amide bonds. The Labute approximate surface area is 77.2 Å². The van der Waals surface area contributed by atoms with Crippen molar-refractivity contribution in [3.05, 3.63) is 27.6 Å². The number of rotatable bonds is 0. The van der Waals surface area contributed by atoms with Crippen molar-refractivity contribution in [3.63, 3.8) is 0 Å². The number of anilines is 1. The molecule has 2 N–H and O–H groups in total. The summed E-state index contributed by atoms with van der Waals surface area (Å²) < 4.78 is 15.0. The molecule has 0 radical (unpaired) electrons. The Bertz CT molecular complexity index is 529. The molecule has 0 aliphatic heterocycles. The van der Waals surface area contributed by atoms with Gasteiger partial charge in [-0.2, -0.15) is 0 Å². The van der Waals surface area contributed by atoms with Gasteiger partial charge in [0.25, 0.3) is 0 Å². The van der Waals surface area contributed by atoms with Crippen LogP contribution in [0.5, 0.6) is 0 Å². The van der Waals surface area contributed by atoms with Crippen molar-refractivity contribution in [2.75, 3.05) is 5.73 Å². The van der Waals surface area contributed by atoms with Gasteiger partial charge in [0.05, 0.1) is 15.9 Å². The Balaban J connectivity index is 2.97. The second-order valence-corrected chi connectivity index (χ2v) is 3.76. The summed E-state index contributed by atoms with van der Waals surface area (Å²) in [5.74, 6) is -0.477. The smallest absolute Gasteiger partial charge is 0.307 e. The SMILES string of the molecule is Cn1c(=O)sc2cc(F)c(N)cc21. The summed E-state index contributed by atoms with van der Waals surface area (Å²) in [6.45, 7) is 0. The minimum absolute atomic E-state index is 0.0703. The molecule has 0 aliphatic rings. The Morgan fingerprint density at radius 3 is 2.92 bits per heavy atom. The first kappa shape index (κ1) is 8.25. The number of halogens is 1. The molecule has 0 fully saturated rings. The Morgan fingerprint density at radius 1 is 1.54 bits per heavy atom. The van der Waals surface area contributed by atoms with Gasteiger partial charge in [-0.25, -0.2) is 4.39 Å². The van der Waals surface area contributed by atoms with Crippen LogP contribution in [0.25, 0.3) is 10.2 Å². The molecule has 0 aliphatic carbocycles. The highest BCUT2D eigenvalue weighted by Crippen LogP contribution is 2.22. The van der Waals surface area contributed by atoms with Crippen molar-refractivity contribution < 1.29 is 4.39 Å². The number of hydrogen-bond acceptors (Lipinski definition) is 3. The van der Waals surface area contributed by atoms with Gasteiger partial charge in [-0.15, -0.1) is 0 Å². The number of thiazole rings is 1. The summed E-state index contributed by atoms with van der Waals surface area (Å²) >= 11 is 1.01. The largest absolute Gasteiger partial charge is 0.396 e. The predicted octanol–water partition coefficient (Wildman–Crippen LogP) is 1.32. The summed E-state index contributed by atoms with van der Waals surface area (Å²) in [6, 6.07) is 2.76. The summed E-state index contributed by atoms with van der Waals surface area (Å²) in [7, 11) is 1.64. The third-order valence-corrected chi connectivity index (χ3v) is 2.91. The lowest BCUT2D eigenvalue weighted by Gasteiger charge is -1.97. The maximum Gasteiger partial charge on any atom is 0.307 e. The van der Waals surface area contributed by atoms with Gasteiger partial charge in [0.1, 0.15) is 5.82 Å². The van der Waals surface area contributed by atoms with Crippen molar-refractivity contribution >= 4 is 27.2 Å². The number of aryl methyl sites for hydroxylation is 1. The fourth-order valence-corrected chi connectivity index (χ4v) is 2.05. The fraction of sp³-hybridized carbons (Fsp3) is 0.125. The fourth-order valence-electron chi connectivity index (χ4n) is 1.16. The molecule has 1 aromatic heterocycles. The van der Waals surface area contributed by atoms with E-state index in [0.29, 0.717) is 10.2 Å². The van der Waals surface area contributed by atoms with Crippen LogP contribution in [0.4, 0.5) is 10.1 Å². The van der Waals surface area contributed by atoms with E-state index in [2.05, 4.69) is 0 Å². The molecule has 0 saturated heterocycles. The van der Waals surface area contributed by atoms with Gasteiger partial charge in [-0.05, 0) is 12.1 Å². The highest BCUT2D eigenvalue weighted by molar-refractivity contribution is 7.16. The van der Waals surface area contributed by atoms with E-state index in [-0.39, 0.29) is 10.6 Å². The van der Waals surface area contributed by atoms with Crippen molar-refractivity contribution in [1.82, 2.24) is 4.57 Å². The molecular weight excluding hydrogens is 191 g/mol. The lowest BCUT2D eigenvalue weighted by Crippen LogP contribution is -2.06. The van der Waals surface area contributed by atoms with Crippen LogP contribution >= 0.6 is 11.3 Å². The van der Waals surface area contributed by atoms with Crippen LogP contribution in [-0.4, -0.2) is 4.57 Å². The van der Waals surface area contributed by atoms with Crippen molar-refractivity contribution in [1.29, 1.82) is 0 Å². The third kappa shape index (κ3) is 1.12. The first-order valence-electron chi connectivity index (χ1n) is 3.64. The van der Waals surface area contributed by atoms with Gasteiger partial charge < -0.3 is 10.3 Å². The van der Waals surface area contributed by atoms with Crippen LogP contribution in [0.2, 0.25) is 0 Å². The molecule has 2 rings (SSSR count). The normalized spacial score (nSPS) is 10.9. The van der Waals surface area contributed by atoms with E-state index in [4.69, 9.17) is 5.73 Å². The van der Waals surface area contributed by atoms with Crippen molar-refractivity contribution in [3.8, 4) is 0 Å². The highest BCUT2D eigenvalue weighted by Gasteiger charge is 2.07. The first-order valence-corrected chi connectivity index (χ1v) is 4.46. The number of nitrogens with two attached hydrogens (primary N) is 1. The molecule has 0 spiro atoms. The molecule has 13 heavy (non-hydrogen) atoms. The van der Waals surface area contributed by atoms with Gasteiger partial charge in [0.2, 0.25) is 0 Å². The van der Waals surface area contributed by atoms with Crippen molar-refractivity contribution in [2.45, 2.75) is 0 Å². The number of hydrogen-bond donors (Lipinski definition) is 1. The number of nitrogen functional groups attached to an aromatic ring is 1. The van der Waals surface area contributed by atoms with Crippen LogP contribution < -0.4 is 10.6 Å². The lowest BCUT2D eigenvalue weighted by molar-refractivity contribution is 0.634. The molecule has 3 nitrogen and oxygen atoms in total. The van der Waals surface area contributed by atoms with Crippen LogP contribution in [0.1, 0.15) is 0 Å². The molecule has 68 valence electrons. The zero-order valence-corrected chi connectivity index (χ0v) is 7.69. The lowest BCUT2D eigenvalue weighted by atomic mass is 10.3. The third-order valence-electron chi connectivity index (χ3n) is 1.91. The van der Waals surface area contributed by atoms with E-state index < -0.39 is 5.82 Å². The number of benzene rings is 1. The second-order valence-electron chi connectivity index (χ2n) is 2.77. The van der Waals surface area contributed by atoms with E-state index in [1.807, 2.05) is 0 Å². The van der Waals surface area contributed by atoms with Crippen molar-refractivity contribution in [2.24, 2.45) is 7.05 Å². The van der Waals surface area contributed by atoms with Gasteiger partial charge in [-0.3, -0.25) is 4.79 Å². The van der Waals surface area contributed by atoms with E-state index in [1.165, 1.54) is 16.7 Å². The second kappa shape index (κ2) is 2.56. The van der Waals surface area contributed by atoms with Gasteiger partial charge in [-0.1, -0.05) is 11.3 Å². The zero-order chi connectivity index (χ0) is 9.59. The standard InChI is InChI=1S/C8H7FN2OS/c1-11-6-3-5(10)4(9)2-7(6)13-8(11)12/h2-3H,10H2,1H3. The minimum atomic E-state index is -0.477. The Hall–Kier alpha value is -1.36. The average molecular weight is 198 g/mol.